The fourth-order valence-electron chi connectivity index (χ4n) is 5.42. The molecule has 5 rings (SSSR count). The zero-order valence-electron chi connectivity index (χ0n) is 29.3. The van der Waals surface area contributed by atoms with Crippen LogP contribution < -0.4 is 26.4 Å². The third kappa shape index (κ3) is 9.66. The van der Waals surface area contributed by atoms with Gasteiger partial charge in [0.1, 0.15) is 58.6 Å². The van der Waals surface area contributed by atoms with Crippen molar-refractivity contribution in [2.75, 3.05) is 37.7 Å². The number of thioether (sulfide) groups is 1. The second-order valence-corrected chi connectivity index (χ2v) is 14.2. The number of benzene rings is 2. The molecular weight excluding hydrogens is 697 g/mol. The van der Waals surface area contributed by atoms with Crippen molar-refractivity contribution in [3.05, 3.63) is 76.3 Å². The van der Waals surface area contributed by atoms with Crippen molar-refractivity contribution in [3.8, 4) is 39.6 Å². The summed E-state index contributed by atoms with van der Waals surface area (Å²) in [5.74, 6) is 0.590. The minimum atomic E-state index is -0.863. The van der Waals surface area contributed by atoms with Gasteiger partial charge in [-0.1, -0.05) is 60.1 Å². The number of nitrogens with two attached hydrogens (primary N) is 2. The van der Waals surface area contributed by atoms with Crippen molar-refractivity contribution in [2.24, 2.45) is 11.5 Å². The number of pyridine rings is 1. The number of hydrogen-bond donors (Lipinski definition) is 3. The highest BCUT2D eigenvalue weighted by molar-refractivity contribution is 7.98. The summed E-state index contributed by atoms with van der Waals surface area (Å²) >= 11 is 3.01. The summed E-state index contributed by atoms with van der Waals surface area (Å²) in [7, 11) is 0. The van der Waals surface area contributed by atoms with Gasteiger partial charge in [-0.3, -0.25) is 4.79 Å². The maximum absolute atomic E-state index is 12.4. The van der Waals surface area contributed by atoms with Crippen molar-refractivity contribution in [2.45, 2.75) is 62.4 Å². The number of ether oxygens (including phenoxy) is 2. The highest BCUT2D eigenvalue weighted by Gasteiger charge is 2.27. The van der Waals surface area contributed by atoms with Gasteiger partial charge in [-0.2, -0.15) is 10.5 Å². The largest absolute Gasteiger partial charge is 0.490 e. The number of nitriles is 2. The van der Waals surface area contributed by atoms with E-state index in [1.807, 2.05) is 5.38 Å². The van der Waals surface area contributed by atoms with E-state index in [2.05, 4.69) is 53.5 Å². The molecule has 270 valence electrons. The number of aromatic nitrogens is 2. The summed E-state index contributed by atoms with van der Waals surface area (Å²) < 4.78 is 11.1. The lowest BCUT2D eigenvalue weighted by Crippen LogP contribution is -2.47. The number of thiazole rings is 1. The summed E-state index contributed by atoms with van der Waals surface area (Å²) in [5.41, 5.74) is 16.4. The molecule has 12 nitrogen and oxygen atoms in total. The molecule has 2 atom stereocenters. The lowest BCUT2D eigenvalue weighted by Gasteiger charge is -2.33. The maximum atomic E-state index is 12.4. The van der Waals surface area contributed by atoms with E-state index in [1.165, 1.54) is 24.2 Å². The Kier molecular flexibility index (Phi) is 13.6. The van der Waals surface area contributed by atoms with Gasteiger partial charge in [-0.05, 0) is 57.4 Å². The second kappa shape index (κ2) is 18.5. The highest BCUT2D eigenvalue weighted by Crippen LogP contribution is 2.40. The number of unbranched alkanes of at least 4 members (excludes halogenated alkanes) is 1. The molecule has 0 saturated carbocycles. The normalized spacial score (nSPS) is 13.3. The summed E-state index contributed by atoms with van der Waals surface area (Å²) in [6, 6.07) is 18.4. The molecule has 1 aliphatic heterocycles. The zero-order valence-corrected chi connectivity index (χ0v) is 30.9. The molecule has 0 unspecified atom stereocenters. The van der Waals surface area contributed by atoms with E-state index in [1.54, 1.807) is 35.6 Å². The zero-order chi connectivity index (χ0) is 37.0. The van der Waals surface area contributed by atoms with E-state index in [0.717, 1.165) is 48.6 Å². The number of anilines is 1. The quantitative estimate of drug-likeness (QED) is 0.0720. The molecule has 1 saturated heterocycles. The van der Waals surface area contributed by atoms with Gasteiger partial charge in [0.25, 0.3) is 0 Å². The summed E-state index contributed by atoms with van der Waals surface area (Å²) in [4.78, 5) is 36.4. The fraction of sp³-hybridized carbons (Fsp3) is 0.368. The van der Waals surface area contributed by atoms with Crippen LogP contribution in [0.25, 0.3) is 21.7 Å². The van der Waals surface area contributed by atoms with Crippen LogP contribution in [0.1, 0.15) is 55.0 Å². The fourth-order valence-corrected chi connectivity index (χ4v) is 7.23. The lowest BCUT2D eigenvalue weighted by atomic mass is 9.96. The van der Waals surface area contributed by atoms with Crippen LogP contribution in [0.4, 0.5) is 5.82 Å². The van der Waals surface area contributed by atoms with E-state index >= 15 is 0 Å². The Morgan fingerprint density at radius 2 is 1.73 bits per heavy atom. The van der Waals surface area contributed by atoms with Crippen molar-refractivity contribution in [1.29, 1.82) is 10.5 Å². The predicted molar refractivity (Wildman–Crippen MR) is 203 cm³/mol. The standard InChI is InChI=1S/C38H42N8O4S2/c1-24-7-9-27(10-8-24)36-44-28(22-51-36)23-52-37-31(21-41)33(30(20-40)34(45-37)46-16-5-17-46)26-11-13-29(14-12-26)49-18-19-50-38(48)25(2)43-35(47)32(42)6-3-4-15-39/h7-14,22,25,32H,3-6,15-19,23,39,42H2,1-2H3,(H,43,47)/t25-,32-/m0/s1. The molecule has 0 radical (unpaired) electrons. The Morgan fingerprint density at radius 1 is 1.02 bits per heavy atom. The average Bonchev–Trinajstić information content (AvgIpc) is 3.61. The van der Waals surface area contributed by atoms with E-state index in [-0.39, 0.29) is 13.2 Å². The highest BCUT2D eigenvalue weighted by atomic mass is 32.2. The topological polar surface area (TPSA) is 193 Å². The van der Waals surface area contributed by atoms with Crippen LogP contribution in [0, 0.1) is 29.6 Å². The Morgan fingerprint density at radius 3 is 2.38 bits per heavy atom. The maximum Gasteiger partial charge on any atom is 0.328 e. The first kappa shape index (κ1) is 38.2. The molecule has 0 aliphatic carbocycles. The van der Waals surface area contributed by atoms with Gasteiger partial charge in [0.2, 0.25) is 5.91 Å². The first-order chi connectivity index (χ1) is 25.2. The summed E-state index contributed by atoms with van der Waals surface area (Å²) in [6.07, 6.45) is 2.99. The van der Waals surface area contributed by atoms with Crippen LogP contribution in [0.3, 0.4) is 0 Å². The van der Waals surface area contributed by atoms with E-state index < -0.39 is 24.0 Å². The van der Waals surface area contributed by atoms with Crippen LogP contribution in [0.15, 0.2) is 58.9 Å². The number of nitrogens with zero attached hydrogens (tertiary/aromatic N) is 5. The molecule has 1 amide bonds. The number of amides is 1. The molecule has 4 aromatic rings. The first-order valence-corrected chi connectivity index (χ1v) is 19.0. The van der Waals surface area contributed by atoms with E-state index in [0.29, 0.717) is 57.6 Å². The Labute approximate surface area is 312 Å². The predicted octanol–water partition coefficient (Wildman–Crippen LogP) is 5.31. The van der Waals surface area contributed by atoms with Crippen molar-refractivity contribution in [1.82, 2.24) is 15.3 Å². The van der Waals surface area contributed by atoms with Gasteiger partial charge in [0.15, 0.2) is 0 Å². The molecule has 2 aromatic heterocycles. The number of hydrogen-bond acceptors (Lipinski definition) is 13. The van der Waals surface area contributed by atoms with E-state index in [9.17, 15) is 20.1 Å². The van der Waals surface area contributed by atoms with Gasteiger partial charge in [-0.25, -0.2) is 14.8 Å². The number of carbonyl (C=O) groups is 2. The van der Waals surface area contributed by atoms with Crippen molar-refractivity contribution in [3.63, 3.8) is 0 Å². The van der Waals surface area contributed by atoms with Crippen LogP contribution in [-0.2, 0) is 20.1 Å². The third-order valence-corrected chi connectivity index (χ3v) is 10.4. The van der Waals surface area contributed by atoms with Crippen LogP contribution >= 0.6 is 23.1 Å². The molecule has 1 aliphatic rings. The Hall–Kier alpha value is -4.99. The Balaban J connectivity index is 1.24. The third-order valence-electron chi connectivity index (χ3n) is 8.49. The SMILES string of the molecule is Cc1ccc(-c2nc(CSc3nc(N4CCC4)c(C#N)c(-c4ccc(OCCOC(=O)[C@H](C)NC(=O)[C@@H](N)CCCCN)cc4)c3C#N)cs2)cc1. The molecule has 52 heavy (non-hydrogen) atoms. The smallest absolute Gasteiger partial charge is 0.328 e. The van der Waals surface area contributed by atoms with Gasteiger partial charge < -0.3 is 31.2 Å². The van der Waals surface area contributed by atoms with Crippen LogP contribution in [0.2, 0.25) is 0 Å². The molecule has 1 fully saturated rings. The number of rotatable bonds is 17. The Bertz CT molecular complexity index is 1930. The second-order valence-electron chi connectivity index (χ2n) is 12.4. The minimum Gasteiger partial charge on any atom is -0.490 e. The molecule has 14 heteroatoms. The van der Waals surface area contributed by atoms with Crippen molar-refractivity contribution < 1.29 is 19.1 Å². The van der Waals surface area contributed by atoms with E-state index in [4.69, 9.17) is 30.9 Å². The summed E-state index contributed by atoms with van der Waals surface area (Å²) in [5, 5.41) is 26.8. The number of aryl methyl sites for hydroxylation is 1. The number of carbonyl (C=O) groups excluding carboxylic acids is 2. The van der Waals surface area contributed by atoms with Gasteiger partial charge in [0, 0.05) is 35.3 Å². The molecule has 0 spiro atoms. The summed E-state index contributed by atoms with van der Waals surface area (Å²) in [6.45, 7) is 5.74. The number of nitrogens with one attached hydrogen (secondary N) is 1. The van der Waals surface area contributed by atoms with Gasteiger partial charge >= 0.3 is 5.97 Å². The molecule has 0 bridgehead atoms. The molecular formula is C38H42N8O4S2. The lowest BCUT2D eigenvalue weighted by molar-refractivity contribution is -0.148. The van der Waals surface area contributed by atoms with Gasteiger partial charge in [-0.15, -0.1) is 11.3 Å². The molecule has 3 heterocycles. The monoisotopic (exact) mass is 738 g/mol. The van der Waals surface area contributed by atoms with Gasteiger partial charge in [0.05, 0.1) is 17.3 Å². The number of esters is 1. The van der Waals surface area contributed by atoms with Crippen LogP contribution in [-0.4, -0.2) is 66.8 Å². The average molecular weight is 739 g/mol. The molecule has 2 aromatic carbocycles. The molecule has 5 N–H and O–H groups in total. The van der Waals surface area contributed by atoms with Crippen LogP contribution in [0.5, 0.6) is 5.75 Å². The minimum absolute atomic E-state index is 0.0316. The first-order valence-electron chi connectivity index (χ1n) is 17.2. The van der Waals surface area contributed by atoms with Crippen molar-refractivity contribution >= 4 is 40.8 Å².